The van der Waals surface area contributed by atoms with E-state index in [1.807, 2.05) is 52.3 Å². The van der Waals surface area contributed by atoms with E-state index < -0.39 is 0 Å². The van der Waals surface area contributed by atoms with Gasteiger partial charge in [0.05, 0.1) is 33.2 Å². The molecule has 32 heavy (non-hydrogen) atoms. The molecule has 0 unspecified atom stereocenters. The number of benzene rings is 2. The Morgan fingerprint density at radius 1 is 0.906 bits per heavy atom. The number of likely N-dealkylation sites (tertiary alicyclic amines) is 2. The van der Waals surface area contributed by atoms with Gasteiger partial charge in [0.25, 0.3) is 0 Å². The van der Waals surface area contributed by atoms with Crippen LogP contribution in [-0.2, 0) is 22.6 Å². The minimum absolute atomic E-state index is 0.0777. The van der Waals surface area contributed by atoms with E-state index in [0.29, 0.717) is 37.6 Å². The summed E-state index contributed by atoms with van der Waals surface area (Å²) in [5, 5.41) is 0. The zero-order valence-corrected chi connectivity index (χ0v) is 18.9. The number of hydrogen-bond donors (Lipinski definition) is 0. The molecule has 2 heterocycles. The fourth-order valence-corrected chi connectivity index (χ4v) is 4.66. The summed E-state index contributed by atoms with van der Waals surface area (Å²) in [6.07, 6.45) is 1.76. The van der Waals surface area contributed by atoms with Crippen molar-refractivity contribution in [2.45, 2.75) is 25.8 Å². The molecule has 0 atom stereocenters. The number of nitrogens with zero attached hydrogens (tertiary/aromatic N) is 2. The summed E-state index contributed by atoms with van der Waals surface area (Å²) in [5.74, 6) is 2.36. The van der Waals surface area contributed by atoms with Crippen LogP contribution in [0.4, 0.5) is 0 Å². The smallest absolute Gasteiger partial charge is 0.231 e. The SMILES string of the molecule is COc1ccc(CN2CC3(CCN(C(=O)Cc4ccc(OC)c(OC)c4)CC3)C2=O)cc1. The first kappa shape index (κ1) is 22.0. The Bertz CT molecular complexity index is 980. The number of hydrogen-bond acceptors (Lipinski definition) is 5. The van der Waals surface area contributed by atoms with Gasteiger partial charge in [0.1, 0.15) is 5.75 Å². The number of carbonyl (C=O) groups is 2. The van der Waals surface area contributed by atoms with Gasteiger partial charge in [0.15, 0.2) is 11.5 Å². The first-order chi connectivity index (χ1) is 15.5. The maximum absolute atomic E-state index is 12.9. The van der Waals surface area contributed by atoms with Crippen LogP contribution in [0.5, 0.6) is 17.2 Å². The molecule has 0 bridgehead atoms. The Morgan fingerprint density at radius 3 is 2.16 bits per heavy atom. The van der Waals surface area contributed by atoms with E-state index in [4.69, 9.17) is 14.2 Å². The molecule has 2 aliphatic heterocycles. The summed E-state index contributed by atoms with van der Waals surface area (Å²) < 4.78 is 15.8. The van der Waals surface area contributed by atoms with Crippen LogP contribution < -0.4 is 14.2 Å². The molecular formula is C25H30N2O5. The number of rotatable bonds is 7. The average Bonchev–Trinajstić information content (AvgIpc) is 2.84. The molecule has 1 spiro atoms. The third-order valence-electron chi connectivity index (χ3n) is 6.64. The molecule has 2 fully saturated rings. The van der Waals surface area contributed by atoms with Crippen LogP contribution in [0.3, 0.4) is 0 Å². The van der Waals surface area contributed by atoms with Gasteiger partial charge in [-0.2, -0.15) is 0 Å². The fraction of sp³-hybridized carbons (Fsp3) is 0.440. The summed E-state index contributed by atoms with van der Waals surface area (Å²) in [5.41, 5.74) is 1.68. The largest absolute Gasteiger partial charge is 0.497 e. The number of ether oxygens (including phenoxy) is 3. The predicted octanol–water partition coefficient (Wildman–Crippen LogP) is 2.91. The highest BCUT2D eigenvalue weighted by molar-refractivity contribution is 5.89. The highest BCUT2D eigenvalue weighted by Gasteiger charge is 2.53. The Hall–Kier alpha value is -3.22. The molecule has 7 heteroatoms. The molecule has 2 saturated heterocycles. The minimum Gasteiger partial charge on any atom is -0.497 e. The first-order valence-corrected chi connectivity index (χ1v) is 10.9. The maximum Gasteiger partial charge on any atom is 0.231 e. The van der Waals surface area contributed by atoms with E-state index in [1.165, 1.54) is 0 Å². The van der Waals surface area contributed by atoms with E-state index in [-0.39, 0.29) is 17.2 Å². The van der Waals surface area contributed by atoms with Crippen molar-refractivity contribution in [2.24, 2.45) is 5.41 Å². The fourth-order valence-electron chi connectivity index (χ4n) is 4.66. The number of piperidine rings is 1. The van der Waals surface area contributed by atoms with E-state index in [1.54, 1.807) is 21.3 Å². The molecular weight excluding hydrogens is 408 g/mol. The van der Waals surface area contributed by atoms with Crippen molar-refractivity contribution in [1.29, 1.82) is 0 Å². The Balaban J connectivity index is 1.29. The second kappa shape index (κ2) is 9.10. The minimum atomic E-state index is -0.299. The van der Waals surface area contributed by atoms with Crippen molar-refractivity contribution in [2.75, 3.05) is 41.0 Å². The molecule has 2 aromatic rings. The molecule has 0 aliphatic carbocycles. The highest BCUT2D eigenvalue weighted by Crippen LogP contribution is 2.42. The van der Waals surface area contributed by atoms with Crippen LogP contribution in [0.15, 0.2) is 42.5 Å². The van der Waals surface area contributed by atoms with Gasteiger partial charge >= 0.3 is 0 Å². The lowest BCUT2D eigenvalue weighted by atomic mass is 9.71. The monoisotopic (exact) mass is 438 g/mol. The maximum atomic E-state index is 12.9. The van der Waals surface area contributed by atoms with Crippen molar-refractivity contribution in [3.8, 4) is 17.2 Å². The second-order valence-corrected chi connectivity index (χ2v) is 8.54. The van der Waals surface area contributed by atoms with Gasteiger partial charge in [0, 0.05) is 26.2 Å². The van der Waals surface area contributed by atoms with Crippen LogP contribution in [0, 0.1) is 5.41 Å². The van der Waals surface area contributed by atoms with Gasteiger partial charge < -0.3 is 24.0 Å². The van der Waals surface area contributed by atoms with Crippen LogP contribution >= 0.6 is 0 Å². The lowest BCUT2D eigenvalue weighted by Crippen LogP contribution is -2.64. The molecule has 2 aromatic carbocycles. The van der Waals surface area contributed by atoms with Crippen LogP contribution in [0.2, 0.25) is 0 Å². The van der Waals surface area contributed by atoms with Crippen LogP contribution in [-0.4, -0.2) is 62.6 Å². The topological polar surface area (TPSA) is 68.3 Å². The Kier molecular flexibility index (Phi) is 6.26. The molecule has 2 amide bonds. The predicted molar refractivity (Wildman–Crippen MR) is 120 cm³/mol. The average molecular weight is 439 g/mol. The summed E-state index contributed by atoms with van der Waals surface area (Å²) >= 11 is 0. The summed E-state index contributed by atoms with van der Waals surface area (Å²) in [4.78, 5) is 29.5. The second-order valence-electron chi connectivity index (χ2n) is 8.54. The van der Waals surface area contributed by atoms with Gasteiger partial charge in [-0.3, -0.25) is 9.59 Å². The van der Waals surface area contributed by atoms with E-state index in [9.17, 15) is 9.59 Å². The lowest BCUT2D eigenvalue weighted by Gasteiger charge is -2.52. The molecule has 7 nitrogen and oxygen atoms in total. The van der Waals surface area contributed by atoms with Gasteiger partial charge in [-0.05, 0) is 48.2 Å². The van der Waals surface area contributed by atoms with Gasteiger partial charge in [-0.25, -0.2) is 0 Å². The number of methoxy groups -OCH3 is 3. The highest BCUT2D eigenvalue weighted by atomic mass is 16.5. The summed E-state index contributed by atoms with van der Waals surface area (Å²) in [6, 6.07) is 13.4. The number of β-lactam (4-membered cyclic amide) rings is 1. The van der Waals surface area contributed by atoms with E-state index >= 15 is 0 Å². The van der Waals surface area contributed by atoms with Crippen molar-refractivity contribution >= 4 is 11.8 Å². The third kappa shape index (κ3) is 4.24. The zero-order valence-electron chi connectivity index (χ0n) is 18.9. The standard InChI is InChI=1S/C25H30N2O5/c1-30-20-7-4-18(5-8-20)16-27-17-25(24(27)29)10-12-26(13-11-25)23(28)15-19-6-9-21(31-2)22(14-19)32-3/h4-9,14H,10-13,15-17H2,1-3H3. The van der Waals surface area contributed by atoms with E-state index in [2.05, 4.69) is 0 Å². The van der Waals surface area contributed by atoms with Crippen molar-refractivity contribution in [1.82, 2.24) is 9.80 Å². The molecule has 0 N–H and O–H groups in total. The molecule has 4 rings (SSSR count). The van der Waals surface area contributed by atoms with E-state index in [0.717, 1.165) is 36.3 Å². The Morgan fingerprint density at radius 2 is 1.56 bits per heavy atom. The van der Waals surface area contributed by atoms with Gasteiger partial charge in [-0.1, -0.05) is 18.2 Å². The van der Waals surface area contributed by atoms with Crippen molar-refractivity contribution < 1.29 is 23.8 Å². The Labute approximate surface area is 188 Å². The summed E-state index contributed by atoms with van der Waals surface area (Å²) in [6.45, 7) is 2.62. The third-order valence-corrected chi connectivity index (χ3v) is 6.64. The quantitative estimate of drug-likeness (QED) is 0.622. The van der Waals surface area contributed by atoms with Crippen molar-refractivity contribution in [3.05, 3.63) is 53.6 Å². The van der Waals surface area contributed by atoms with Gasteiger partial charge in [0.2, 0.25) is 11.8 Å². The van der Waals surface area contributed by atoms with Crippen LogP contribution in [0.1, 0.15) is 24.0 Å². The number of amides is 2. The van der Waals surface area contributed by atoms with Gasteiger partial charge in [-0.15, -0.1) is 0 Å². The molecule has 170 valence electrons. The van der Waals surface area contributed by atoms with Crippen molar-refractivity contribution in [3.63, 3.8) is 0 Å². The lowest BCUT2D eigenvalue weighted by molar-refractivity contribution is -0.168. The molecule has 0 aromatic heterocycles. The molecule has 0 saturated carbocycles. The normalized spacial score (nSPS) is 17.2. The summed E-state index contributed by atoms with van der Waals surface area (Å²) in [7, 11) is 4.82. The zero-order chi connectivity index (χ0) is 22.7. The molecule has 2 aliphatic rings. The first-order valence-electron chi connectivity index (χ1n) is 10.9. The van der Waals surface area contributed by atoms with Crippen LogP contribution in [0.25, 0.3) is 0 Å². The molecule has 0 radical (unpaired) electrons. The number of carbonyl (C=O) groups excluding carboxylic acids is 2.